The van der Waals surface area contributed by atoms with E-state index in [4.69, 9.17) is 9.47 Å². The summed E-state index contributed by atoms with van der Waals surface area (Å²) >= 11 is 0. The molecule has 2 aliphatic rings. The van der Waals surface area contributed by atoms with Gasteiger partial charge in [-0.25, -0.2) is 4.79 Å². The molecule has 1 aliphatic carbocycles. The highest BCUT2D eigenvalue weighted by atomic mass is 16.7. The van der Waals surface area contributed by atoms with Crippen molar-refractivity contribution in [2.75, 3.05) is 12.1 Å². The number of carboxylic acid groups (broad SMARTS) is 1. The Morgan fingerprint density at radius 2 is 1.62 bits per heavy atom. The maximum absolute atomic E-state index is 12.7. The van der Waals surface area contributed by atoms with Crippen LogP contribution in [0.4, 0.5) is 5.69 Å². The Labute approximate surface area is 194 Å². The monoisotopic (exact) mass is 468 g/mol. The average Bonchev–Trinajstić information content (AvgIpc) is 3.50. The summed E-state index contributed by atoms with van der Waals surface area (Å²) in [4.78, 5) is 52.8. The first-order valence-electron chi connectivity index (χ1n) is 10.8. The number of carbonyl (C=O) groups is 4. The third kappa shape index (κ3) is 5.94. The van der Waals surface area contributed by atoms with Crippen molar-refractivity contribution in [1.29, 1.82) is 0 Å². The van der Waals surface area contributed by atoms with Crippen LogP contribution in [0.15, 0.2) is 48.8 Å². The lowest BCUT2D eigenvalue weighted by atomic mass is 10.0. The van der Waals surface area contributed by atoms with E-state index in [9.17, 15) is 24.3 Å². The molecule has 4 rings (SSSR count). The lowest BCUT2D eigenvalue weighted by molar-refractivity contribution is -0.144. The number of benzene rings is 1. The van der Waals surface area contributed by atoms with E-state index in [0.717, 1.165) is 12.8 Å². The number of pyridine rings is 1. The Kier molecular flexibility index (Phi) is 7.14. The Morgan fingerprint density at radius 3 is 2.24 bits per heavy atom. The highest BCUT2D eigenvalue weighted by molar-refractivity contribution is 6.04. The maximum atomic E-state index is 12.7. The van der Waals surface area contributed by atoms with Gasteiger partial charge in [-0.15, -0.1) is 0 Å². The van der Waals surface area contributed by atoms with Crippen molar-refractivity contribution < 1.29 is 33.8 Å². The van der Waals surface area contributed by atoms with E-state index in [1.807, 2.05) is 0 Å². The molecule has 4 N–H and O–H groups in total. The van der Waals surface area contributed by atoms with E-state index in [1.54, 1.807) is 36.4 Å². The van der Waals surface area contributed by atoms with E-state index in [2.05, 4.69) is 20.9 Å². The molecule has 11 nitrogen and oxygen atoms in total. The van der Waals surface area contributed by atoms with Gasteiger partial charge in [0.25, 0.3) is 17.7 Å². The van der Waals surface area contributed by atoms with Crippen LogP contribution in [0.25, 0.3) is 0 Å². The van der Waals surface area contributed by atoms with Gasteiger partial charge in [-0.05, 0) is 42.7 Å². The number of carboxylic acids is 1. The molecule has 0 unspecified atom stereocenters. The molecule has 2 heterocycles. The number of anilines is 1. The summed E-state index contributed by atoms with van der Waals surface area (Å²) in [5.74, 6) is -2.72. The van der Waals surface area contributed by atoms with Crippen LogP contribution < -0.4 is 16.0 Å². The molecule has 0 radical (unpaired) electrons. The summed E-state index contributed by atoms with van der Waals surface area (Å²) in [5, 5.41) is 17.5. The molecule has 2 aromatic rings. The summed E-state index contributed by atoms with van der Waals surface area (Å²) < 4.78 is 10.5. The molecule has 1 saturated carbocycles. The van der Waals surface area contributed by atoms with E-state index in [1.165, 1.54) is 12.4 Å². The molecule has 1 aromatic carbocycles. The van der Waals surface area contributed by atoms with Crippen molar-refractivity contribution in [3.63, 3.8) is 0 Å². The van der Waals surface area contributed by atoms with Gasteiger partial charge in [-0.1, -0.05) is 12.1 Å². The summed E-state index contributed by atoms with van der Waals surface area (Å²) in [6, 6.07) is 8.61. The van der Waals surface area contributed by atoms with Gasteiger partial charge < -0.3 is 30.5 Å². The Hall–Kier alpha value is -3.83. The molecule has 1 aliphatic heterocycles. The van der Waals surface area contributed by atoms with Crippen LogP contribution in [0.2, 0.25) is 0 Å². The van der Waals surface area contributed by atoms with Crippen LogP contribution in [-0.2, 0) is 30.3 Å². The highest BCUT2D eigenvalue weighted by Crippen LogP contribution is 2.21. The van der Waals surface area contributed by atoms with Gasteiger partial charge in [0, 0.05) is 36.1 Å². The van der Waals surface area contributed by atoms with Gasteiger partial charge >= 0.3 is 5.97 Å². The predicted molar refractivity (Wildman–Crippen MR) is 118 cm³/mol. The van der Waals surface area contributed by atoms with Crippen molar-refractivity contribution in [3.8, 4) is 0 Å². The zero-order chi connectivity index (χ0) is 24.1. The molecule has 0 spiro atoms. The van der Waals surface area contributed by atoms with Crippen molar-refractivity contribution in [3.05, 3.63) is 59.9 Å². The van der Waals surface area contributed by atoms with Gasteiger partial charge in [0.15, 0.2) is 12.2 Å². The second-order valence-electron chi connectivity index (χ2n) is 8.07. The molecule has 2 fully saturated rings. The second kappa shape index (κ2) is 10.4. The first kappa shape index (κ1) is 23.3. The second-order valence-corrected chi connectivity index (χ2v) is 8.07. The molecular weight excluding hydrogens is 444 g/mol. The van der Waals surface area contributed by atoms with E-state index in [0.29, 0.717) is 16.8 Å². The van der Waals surface area contributed by atoms with Crippen LogP contribution in [-0.4, -0.2) is 64.9 Å². The lowest BCUT2D eigenvalue weighted by Crippen LogP contribution is -2.52. The Balaban J connectivity index is 1.34. The molecule has 3 atom stereocenters. The summed E-state index contributed by atoms with van der Waals surface area (Å²) in [7, 11) is 0. The van der Waals surface area contributed by atoms with Crippen molar-refractivity contribution in [2.24, 2.45) is 0 Å². The first-order chi connectivity index (χ1) is 16.4. The fourth-order valence-electron chi connectivity index (χ4n) is 3.42. The number of hydrogen-bond donors (Lipinski definition) is 4. The number of amides is 3. The van der Waals surface area contributed by atoms with Crippen LogP contribution in [0, 0.1) is 0 Å². The van der Waals surface area contributed by atoms with Crippen LogP contribution in [0.1, 0.15) is 28.8 Å². The average molecular weight is 468 g/mol. The highest BCUT2D eigenvalue weighted by Gasteiger charge is 2.42. The minimum atomic E-state index is -1.25. The summed E-state index contributed by atoms with van der Waals surface area (Å²) in [6.45, 7) is -0.231. The normalized spacial score (nSPS) is 20.2. The molecule has 178 valence electrons. The number of nitrogens with one attached hydrogen (secondary N) is 3. The summed E-state index contributed by atoms with van der Waals surface area (Å²) in [5.41, 5.74) is 1.61. The largest absolute Gasteiger partial charge is 0.480 e. The summed E-state index contributed by atoms with van der Waals surface area (Å²) in [6.07, 6.45) is 2.43. The number of rotatable bonds is 9. The zero-order valence-corrected chi connectivity index (χ0v) is 18.1. The molecule has 0 bridgehead atoms. The Morgan fingerprint density at radius 1 is 0.971 bits per heavy atom. The topological polar surface area (TPSA) is 156 Å². The molecular formula is C23H24N4O7. The lowest BCUT2D eigenvalue weighted by Gasteiger charge is -2.20. The smallest absolute Gasteiger partial charge is 0.326 e. The third-order valence-corrected chi connectivity index (χ3v) is 5.42. The standard InChI is InChI=1S/C23H24N4O7/c28-20(14-7-9-24-10-8-14)25-15-3-1-13(2-4-15)11-17(23(31)32)27-22(30)19-18(33-12-34-19)21(29)26-16-5-6-16/h1-4,7-10,16-19H,5-6,11-12H2,(H,25,28)(H,26,29)(H,27,30)(H,31,32)/t17-,18+,19+/m0/s1. The van der Waals surface area contributed by atoms with Crippen LogP contribution in [0.5, 0.6) is 0 Å². The zero-order valence-electron chi connectivity index (χ0n) is 18.1. The minimum absolute atomic E-state index is 0.00777. The first-order valence-corrected chi connectivity index (χ1v) is 10.8. The van der Waals surface area contributed by atoms with Gasteiger partial charge in [0.2, 0.25) is 0 Å². The SMILES string of the molecule is O=C(Nc1ccc(C[C@H](NC(=O)[C@@H]2OCO[C@H]2C(=O)NC2CC2)C(=O)O)cc1)c1ccncc1. The minimum Gasteiger partial charge on any atom is -0.480 e. The fraction of sp³-hybridized carbons (Fsp3) is 0.348. The van der Waals surface area contributed by atoms with Gasteiger partial charge in [0.05, 0.1) is 0 Å². The Bertz CT molecular complexity index is 1060. The quantitative estimate of drug-likeness (QED) is 0.414. The fourth-order valence-corrected chi connectivity index (χ4v) is 3.42. The van der Waals surface area contributed by atoms with E-state index in [-0.39, 0.29) is 25.2 Å². The number of ether oxygens (including phenoxy) is 2. The van der Waals surface area contributed by atoms with Gasteiger partial charge in [0.1, 0.15) is 12.8 Å². The van der Waals surface area contributed by atoms with Crippen LogP contribution in [0.3, 0.4) is 0 Å². The molecule has 1 aromatic heterocycles. The number of nitrogens with zero attached hydrogens (tertiary/aromatic N) is 1. The van der Waals surface area contributed by atoms with Crippen molar-refractivity contribution in [2.45, 2.75) is 43.6 Å². The maximum Gasteiger partial charge on any atom is 0.326 e. The predicted octanol–water partition coefficient (Wildman–Crippen LogP) is 0.466. The molecule has 11 heteroatoms. The number of aliphatic carboxylic acids is 1. The van der Waals surface area contributed by atoms with E-state index >= 15 is 0 Å². The molecule has 3 amide bonds. The van der Waals surface area contributed by atoms with E-state index < -0.39 is 36.0 Å². The molecule has 1 saturated heterocycles. The number of hydrogen-bond acceptors (Lipinski definition) is 7. The van der Waals surface area contributed by atoms with Gasteiger partial charge in [-0.3, -0.25) is 19.4 Å². The molecule has 34 heavy (non-hydrogen) atoms. The number of carbonyl (C=O) groups excluding carboxylic acids is 3. The third-order valence-electron chi connectivity index (χ3n) is 5.42. The van der Waals surface area contributed by atoms with Gasteiger partial charge in [-0.2, -0.15) is 0 Å². The van der Waals surface area contributed by atoms with Crippen molar-refractivity contribution in [1.82, 2.24) is 15.6 Å². The van der Waals surface area contributed by atoms with Crippen LogP contribution >= 0.6 is 0 Å². The number of aromatic nitrogens is 1. The van der Waals surface area contributed by atoms with Crippen molar-refractivity contribution >= 4 is 29.4 Å².